The van der Waals surface area contributed by atoms with E-state index in [4.69, 9.17) is 5.73 Å². The summed E-state index contributed by atoms with van der Waals surface area (Å²) in [6.07, 6.45) is 0. The van der Waals surface area contributed by atoms with Gasteiger partial charge in [0.2, 0.25) is 0 Å². The lowest BCUT2D eigenvalue weighted by molar-refractivity contribution is 0.491. The van der Waals surface area contributed by atoms with Gasteiger partial charge >= 0.3 is 0 Å². The largest absolute Gasteiger partial charge is 0.384 e. The number of aromatic amines is 1. The SMILES string of the molecule is Nc1cc(=O)[nH]n1-c1cc(F)c(F)cc1F. The van der Waals surface area contributed by atoms with Crippen molar-refractivity contribution in [3.05, 3.63) is 46.0 Å². The van der Waals surface area contributed by atoms with Gasteiger partial charge in [-0.3, -0.25) is 9.89 Å². The molecule has 3 N–H and O–H groups in total. The Hall–Kier alpha value is -2.18. The smallest absolute Gasteiger partial charge is 0.266 e. The lowest BCUT2D eigenvalue weighted by Gasteiger charge is -2.06. The highest BCUT2D eigenvalue weighted by Crippen LogP contribution is 2.18. The molecular weight excluding hydrogens is 223 g/mol. The first-order valence-electron chi connectivity index (χ1n) is 4.21. The molecule has 0 unspecified atom stereocenters. The molecule has 1 heterocycles. The second-order valence-corrected chi connectivity index (χ2v) is 3.10. The highest BCUT2D eigenvalue weighted by molar-refractivity contribution is 5.42. The monoisotopic (exact) mass is 229 g/mol. The molecule has 0 aliphatic carbocycles. The van der Waals surface area contributed by atoms with Gasteiger partial charge in [0.15, 0.2) is 17.5 Å². The molecule has 7 heteroatoms. The Labute approximate surface area is 87.1 Å². The predicted molar refractivity (Wildman–Crippen MR) is 50.7 cm³/mol. The topological polar surface area (TPSA) is 63.8 Å². The Bertz CT molecular complexity index is 603. The quantitative estimate of drug-likeness (QED) is 0.721. The Balaban J connectivity index is 2.69. The molecule has 1 aromatic heterocycles. The molecule has 0 radical (unpaired) electrons. The van der Waals surface area contributed by atoms with E-state index in [1.54, 1.807) is 0 Å². The van der Waals surface area contributed by atoms with Crippen molar-refractivity contribution >= 4 is 5.82 Å². The number of H-pyrrole nitrogens is 1. The Morgan fingerprint density at radius 1 is 1.06 bits per heavy atom. The summed E-state index contributed by atoms with van der Waals surface area (Å²) in [4.78, 5) is 10.9. The fraction of sp³-hybridized carbons (Fsp3) is 0. The van der Waals surface area contributed by atoms with Gasteiger partial charge in [-0.25, -0.2) is 17.9 Å². The second kappa shape index (κ2) is 3.44. The van der Waals surface area contributed by atoms with Crippen LogP contribution in [-0.2, 0) is 0 Å². The van der Waals surface area contributed by atoms with Crippen LogP contribution in [0.2, 0.25) is 0 Å². The molecule has 2 aromatic rings. The van der Waals surface area contributed by atoms with E-state index in [2.05, 4.69) is 5.10 Å². The van der Waals surface area contributed by atoms with Crippen molar-refractivity contribution in [1.29, 1.82) is 0 Å². The van der Waals surface area contributed by atoms with E-state index >= 15 is 0 Å². The van der Waals surface area contributed by atoms with Gasteiger partial charge in [-0.05, 0) is 0 Å². The average molecular weight is 229 g/mol. The number of halogens is 3. The van der Waals surface area contributed by atoms with Crippen LogP contribution in [0, 0.1) is 17.5 Å². The van der Waals surface area contributed by atoms with E-state index in [1.165, 1.54) is 0 Å². The van der Waals surface area contributed by atoms with Gasteiger partial charge in [0.05, 0.1) is 0 Å². The molecule has 0 saturated carbocycles. The van der Waals surface area contributed by atoms with Crippen LogP contribution in [-0.4, -0.2) is 9.78 Å². The van der Waals surface area contributed by atoms with Gasteiger partial charge in [0.25, 0.3) is 5.56 Å². The fourth-order valence-electron chi connectivity index (χ4n) is 1.29. The number of benzene rings is 1. The number of nitrogens with zero attached hydrogens (tertiary/aromatic N) is 1. The number of aromatic nitrogens is 2. The lowest BCUT2D eigenvalue weighted by atomic mass is 10.3. The van der Waals surface area contributed by atoms with Gasteiger partial charge in [0, 0.05) is 18.2 Å². The van der Waals surface area contributed by atoms with Crippen molar-refractivity contribution in [3.8, 4) is 5.69 Å². The minimum absolute atomic E-state index is 0.102. The molecule has 0 aliphatic heterocycles. The summed E-state index contributed by atoms with van der Waals surface area (Å²) in [7, 11) is 0. The first-order chi connectivity index (χ1) is 7.49. The summed E-state index contributed by atoms with van der Waals surface area (Å²) < 4.78 is 39.7. The van der Waals surface area contributed by atoms with Crippen molar-refractivity contribution in [2.24, 2.45) is 0 Å². The van der Waals surface area contributed by atoms with Gasteiger partial charge in [-0.2, -0.15) is 0 Å². The van der Waals surface area contributed by atoms with Crippen LogP contribution in [0.3, 0.4) is 0 Å². The molecule has 4 nitrogen and oxygen atoms in total. The molecule has 0 atom stereocenters. The van der Waals surface area contributed by atoms with Crippen LogP contribution in [0.1, 0.15) is 0 Å². The molecule has 1 aromatic carbocycles. The molecule has 84 valence electrons. The third kappa shape index (κ3) is 1.56. The number of anilines is 1. The lowest BCUT2D eigenvalue weighted by Crippen LogP contribution is -2.08. The highest BCUT2D eigenvalue weighted by atomic mass is 19.2. The van der Waals surface area contributed by atoms with Crippen molar-refractivity contribution in [2.45, 2.75) is 0 Å². The first kappa shape index (κ1) is 10.3. The summed E-state index contributed by atoms with van der Waals surface area (Å²) in [6, 6.07) is 1.99. The average Bonchev–Trinajstić information content (AvgIpc) is 2.51. The summed E-state index contributed by atoms with van der Waals surface area (Å²) in [5.74, 6) is -3.67. The molecular formula is C9H6F3N3O. The van der Waals surface area contributed by atoms with Gasteiger partial charge in [0.1, 0.15) is 11.5 Å². The summed E-state index contributed by atoms with van der Waals surface area (Å²) in [6.45, 7) is 0. The van der Waals surface area contributed by atoms with Gasteiger partial charge in [-0.15, -0.1) is 0 Å². The van der Waals surface area contributed by atoms with Crippen LogP contribution in [0.15, 0.2) is 23.0 Å². The Morgan fingerprint density at radius 3 is 2.25 bits per heavy atom. The number of nitrogens with two attached hydrogens (primary N) is 1. The summed E-state index contributed by atoms with van der Waals surface area (Å²) >= 11 is 0. The number of nitrogens with one attached hydrogen (secondary N) is 1. The maximum atomic E-state index is 13.3. The fourth-order valence-corrected chi connectivity index (χ4v) is 1.29. The van der Waals surface area contributed by atoms with Gasteiger partial charge < -0.3 is 5.73 Å². The van der Waals surface area contributed by atoms with Crippen LogP contribution in [0.5, 0.6) is 0 Å². The van der Waals surface area contributed by atoms with E-state index in [1.807, 2.05) is 0 Å². The summed E-state index contributed by atoms with van der Waals surface area (Å²) in [5.41, 5.74) is 4.45. The summed E-state index contributed by atoms with van der Waals surface area (Å²) in [5, 5.41) is 2.16. The number of nitrogen functional groups attached to an aromatic ring is 1. The number of hydrogen-bond acceptors (Lipinski definition) is 2. The van der Waals surface area contributed by atoms with Crippen LogP contribution in [0.25, 0.3) is 5.69 Å². The molecule has 0 amide bonds. The van der Waals surface area contributed by atoms with E-state index in [0.29, 0.717) is 12.1 Å². The third-order valence-electron chi connectivity index (χ3n) is 1.99. The molecule has 0 fully saturated rings. The molecule has 0 aliphatic rings. The second-order valence-electron chi connectivity index (χ2n) is 3.10. The van der Waals surface area contributed by atoms with Crippen molar-refractivity contribution in [2.75, 3.05) is 5.73 Å². The maximum absolute atomic E-state index is 13.3. The third-order valence-corrected chi connectivity index (χ3v) is 1.99. The van der Waals surface area contributed by atoms with Crippen LogP contribution >= 0.6 is 0 Å². The van der Waals surface area contributed by atoms with E-state index in [-0.39, 0.29) is 11.5 Å². The van der Waals surface area contributed by atoms with E-state index in [9.17, 15) is 18.0 Å². The molecule has 0 bridgehead atoms. The van der Waals surface area contributed by atoms with Crippen LogP contribution in [0.4, 0.5) is 19.0 Å². The zero-order valence-corrected chi connectivity index (χ0v) is 7.80. The Kier molecular flexibility index (Phi) is 2.22. The van der Waals surface area contributed by atoms with Gasteiger partial charge in [-0.1, -0.05) is 0 Å². The highest BCUT2D eigenvalue weighted by Gasteiger charge is 2.13. The number of hydrogen-bond donors (Lipinski definition) is 2. The number of rotatable bonds is 1. The molecule has 16 heavy (non-hydrogen) atoms. The first-order valence-corrected chi connectivity index (χ1v) is 4.21. The normalized spacial score (nSPS) is 10.7. The van der Waals surface area contributed by atoms with E-state index < -0.39 is 23.0 Å². The minimum Gasteiger partial charge on any atom is -0.384 e. The van der Waals surface area contributed by atoms with Crippen LogP contribution < -0.4 is 11.3 Å². The zero-order valence-electron chi connectivity index (χ0n) is 7.80. The Morgan fingerprint density at radius 2 is 1.69 bits per heavy atom. The van der Waals surface area contributed by atoms with Crippen molar-refractivity contribution in [1.82, 2.24) is 9.78 Å². The zero-order chi connectivity index (χ0) is 11.9. The minimum atomic E-state index is -1.31. The molecule has 0 spiro atoms. The van der Waals surface area contributed by atoms with Crippen molar-refractivity contribution < 1.29 is 13.2 Å². The van der Waals surface area contributed by atoms with E-state index in [0.717, 1.165) is 10.7 Å². The maximum Gasteiger partial charge on any atom is 0.266 e. The standard InChI is InChI=1S/C9H6F3N3O/c10-4-1-6(12)7(2-5(4)11)15-8(13)3-9(16)14-15/h1-3H,13H2,(H,14,16). The molecule has 0 saturated heterocycles. The van der Waals surface area contributed by atoms with Crippen molar-refractivity contribution in [3.63, 3.8) is 0 Å². The molecule has 2 rings (SSSR count). The predicted octanol–water partition coefficient (Wildman–Crippen LogP) is 1.17.